The smallest absolute Gasteiger partial charge is 0.251 e. The summed E-state index contributed by atoms with van der Waals surface area (Å²) in [6, 6.07) is 7.34. The Morgan fingerprint density at radius 1 is 1.32 bits per heavy atom. The van der Waals surface area contributed by atoms with Crippen LogP contribution in [0.2, 0.25) is 0 Å². The van der Waals surface area contributed by atoms with Gasteiger partial charge in [-0.05, 0) is 17.7 Å². The monoisotopic (exact) mass is 274 g/mol. The lowest BCUT2D eigenvalue weighted by molar-refractivity contribution is 0.0709. The molecule has 0 aromatic heterocycles. The Hall–Kier alpha value is -1.24. The molecule has 0 bridgehead atoms. The van der Waals surface area contributed by atoms with Crippen molar-refractivity contribution in [3.63, 3.8) is 0 Å². The Balaban J connectivity index is 2.37. The molecule has 0 atom stereocenters. The molecule has 0 spiro atoms. The number of halogens is 2. The Labute approximate surface area is 111 Å². The molecule has 3 N–H and O–H groups in total. The van der Waals surface area contributed by atoms with Crippen LogP contribution < -0.4 is 10.5 Å². The molecule has 4 nitrogen and oxygen atoms in total. The van der Waals surface area contributed by atoms with Gasteiger partial charge in [0.05, 0.1) is 13.2 Å². The second-order valence-electron chi connectivity index (χ2n) is 4.12. The third-order valence-electron chi connectivity index (χ3n) is 2.62. The SMILES string of the molecule is NCc1cccc(OCCN(CCO)CC(F)F)c1. The minimum atomic E-state index is -2.41. The minimum absolute atomic E-state index is 0.143. The molecule has 0 amide bonds. The highest BCUT2D eigenvalue weighted by Crippen LogP contribution is 2.12. The van der Waals surface area contributed by atoms with E-state index >= 15 is 0 Å². The molecule has 0 fully saturated rings. The van der Waals surface area contributed by atoms with Crippen LogP contribution in [0.25, 0.3) is 0 Å². The highest BCUT2D eigenvalue weighted by atomic mass is 19.3. The van der Waals surface area contributed by atoms with Crippen LogP contribution in [-0.4, -0.2) is 49.3 Å². The predicted octanol–water partition coefficient (Wildman–Crippen LogP) is 1.08. The van der Waals surface area contributed by atoms with E-state index in [2.05, 4.69) is 0 Å². The fourth-order valence-electron chi connectivity index (χ4n) is 1.69. The molecule has 0 aliphatic rings. The van der Waals surface area contributed by atoms with Crippen molar-refractivity contribution >= 4 is 0 Å². The number of hydrogen-bond acceptors (Lipinski definition) is 4. The molecule has 0 radical (unpaired) electrons. The highest BCUT2D eigenvalue weighted by molar-refractivity contribution is 5.28. The van der Waals surface area contributed by atoms with Crippen molar-refractivity contribution in [1.82, 2.24) is 4.90 Å². The maximum atomic E-state index is 12.3. The fourth-order valence-corrected chi connectivity index (χ4v) is 1.69. The van der Waals surface area contributed by atoms with Crippen molar-refractivity contribution in [3.8, 4) is 5.75 Å². The lowest BCUT2D eigenvalue weighted by atomic mass is 10.2. The van der Waals surface area contributed by atoms with Crippen molar-refractivity contribution in [3.05, 3.63) is 29.8 Å². The standard InChI is InChI=1S/C13H20F2N2O2/c14-13(15)10-17(4-6-18)5-7-19-12-3-1-2-11(8-12)9-16/h1-3,8,13,18H,4-7,9-10,16H2. The number of aliphatic hydroxyl groups is 1. The average molecular weight is 274 g/mol. The summed E-state index contributed by atoms with van der Waals surface area (Å²) in [5, 5.41) is 8.79. The van der Waals surface area contributed by atoms with Crippen LogP contribution in [-0.2, 0) is 6.54 Å². The van der Waals surface area contributed by atoms with Crippen LogP contribution in [0.4, 0.5) is 8.78 Å². The molecule has 108 valence electrons. The zero-order valence-electron chi connectivity index (χ0n) is 10.8. The van der Waals surface area contributed by atoms with Crippen LogP contribution in [0.15, 0.2) is 24.3 Å². The first-order valence-electron chi connectivity index (χ1n) is 6.19. The molecule has 0 unspecified atom stereocenters. The molecule has 1 rings (SSSR count). The summed E-state index contributed by atoms with van der Waals surface area (Å²) in [6.45, 7) is 0.788. The third kappa shape index (κ3) is 6.47. The Morgan fingerprint density at radius 2 is 2.11 bits per heavy atom. The van der Waals surface area contributed by atoms with Gasteiger partial charge >= 0.3 is 0 Å². The van der Waals surface area contributed by atoms with Gasteiger partial charge in [0.1, 0.15) is 12.4 Å². The third-order valence-corrected chi connectivity index (χ3v) is 2.62. The molecule has 1 aromatic carbocycles. The molecule has 6 heteroatoms. The Bertz CT molecular complexity index is 364. The van der Waals surface area contributed by atoms with Gasteiger partial charge in [0.2, 0.25) is 0 Å². The molecule has 0 heterocycles. The maximum Gasteiger partial charge on any atom is 0.251 e. The van der Waals surface area contributed by atoms with Crippen molar-refractivity contribution in [2.75, 3.05) is 32.8 Å². The largest absolute Gasteiger partial charge is 0.492 e. The van der Waals surface area contributed by atoms with Crippen LogP contribution in [0.5, 0.6) is 5.75 Å². The first-order valence-corrected chi connectivity index (χ1v) is 6.19. The zero-order valence-corrected chi connectivity index (χ0v) is 10.8. The number of rotatable bonds is 9. The van der Waals surface area contributed by atoms with E-state index in [1.165, 1.54) is 4.90 Å². The zero-order chi connectivity index (χ0) is 14.1. The summed E-state index contributed by atoms with van der Waals surface area (Å²) >= 11 is 0. The van der Waals surface area contributed by atoms with Gasteiger partial charge in [-0.1, -0.05) is 12.1 Å². The van der Waals surface area contributed by atoms with Gasteiger partial charge in [-0.2, -0.15) is 0 Å². The van der Waals surface area contributed by atoms with E-state index in [9.17, 15) is 8.78 Å². The average Bonchev–Trinajstić information content (AvgIpc) is 2.38. The predicted molar refractivity (Wildman–Crippen MR) is 69.4 cm³/mol. The number of alkyl halides is 2. The topological polar surface area (TPSA) is 58.7 Å². The van der Waals surface area contributed by atoms with Crippen molar-refractivity contribution < 1.29 is 18.6 Å². The van der Waals surface area contributed by atoms with Crippen LogP contribution in [0, 0.1) is 0 Å². The first kappa shape index (κ1) is 15.8. The molecule has 19 heavy (non-hydrogen) atoms. The Kier molecular flexibility index (Phi) is 7.32. The number of hydrogen-bond donors (Lipinski definition) is 2. The number of nitrogens with zero attached hydrogens (tertiary/aromatic N) is 1. The summed E-state index contributed by atoms with van der Waals surface area (Å²) in [4.78, 5) is 1.47. The van der Waals surface area contributed by atoms with Crippen molar-refractivity contribution in [2.24, 2.45) is 5.73 Å². The normalized spacial score (nSPS) is 11.3. The van der Waals surface area contributed by atoms with E-state index in [1.807, 2.05) is 18.2 Å². The van der Waals surface area contributed by atoms with Gasteiger partial charge in [-0.3, -0.25) is 4.90 Å². The second kappa shape index (κ2) is 8.79. The van der Waals surface area contributed by atoms with Gasteiger partial charge in [0.15, 0.2) is 0 Å². The van der Waals surface area contributed by atoms with E-state index < -0.39 is 6.43 Å². The molecule has 0 saturated carbocycles. The second-order valence-corrected chi connectivity index (χ2v) is 4.12. The summed E-state index contributed by atoms with van der Waals surface area (Å²) < 4.78 is 30.0. The number of benzene rings is 1. The summed E-state index contributed by atoms with van der Waals surface area (Å²) in [6.07, 6.45) is -2.41. The molecule has 0 saturated heterocycles. The van der Waals surface area contributed by atoms with E-state index in [4.69, 9.17) is 15.6 Å². The van der Waals surface area contributed by atoms with E-state index in [0.29, 0.717) is 25.4 Å². The van der Waals surface area contributed by atoms with Gasteiger partial charge in [0.25, 0.3) is 6.43 Å². The van der Waals surface area contributed by atoms with Gasteiger partial charge in [-0.25, -0.2) is 8.78 Å². The molecule has 0 aliphatic carbocycles. The minimum Gasteiger partial charge on any atom is -0.492 e. The lowest BCUT2D eigenvalue weighted by Gasteiger charge is -2.20. The highest BCUT2D eigenvalue weighted by Gasteiger charge is 2.11. The Morgan fingerprint density at radius 3 is 2.74 bits per heavy atom. The summed E-state index contributed by atoms with van der Waals surface area (Å²) in [7, 11) is 0. The summed E-state index contributed by atoms with van der Waals surface area (Å²) in [5.41, 5.74) is 6.47. The van der Waals surface area contributed by atoms with E-state index in [0.717, 1.165) is 5.56 Å². The number of nitrogens with two attached hydrogens (primary N) is 1. The maximum absolute atomic E-state index is 12.3. The van der Waals surface area contributed by atoms with Crippen molar-refractivity contribution in [2.45, 2.75) is 13.0 Å². The van der Waals surface area contributed by atoms with Crippen LogP contribution >= 0.6 is 0 Å². The van der Waals surface area contributed by atoms with Gasteiger partial charge in [-0.15, -0.1) is 0 Å². The summed E-state index contributed by atoms with van der Waals surface area (Å²) in [5.74, 6) is 0.670. The van der Waals surface area contributed by atoms with Crippen molar-refractivity contribution in [1.29, 1.82) is 0 Å². The van der Waals surface area contributed by atoms with Gasteiger partial charge in [0, 0.05) is 19.6 Å². The van der Waals surface area contributed by atoms with Crippen LogP contribution in [0.3, 0.4) is 0 Å². The molecule has 0 aliphatic heterocycles. The first-order chi connectivity index (χ1) is 9.15. The molecular weight excluding hydrogens is 254 g/mol. The van der Waals surface area contributed by atoms with Gasteiger partial charge < -0.3 is 15.6 Å². The molecular formula is C13H20F2N2O2. The quantitative estimate of drug-likeness (QED) is 0.707. The fraction of sp³-hybridized carbons (Fsp3) is 0.538. The lowest BCUT2D eigenvalue weighted by Crippen LogP contribution is -2.35. The van der Waals surface area contributed by atoms with E-state index in [1.54, 1.807) is 6.07 Å². The number of ether oxygens (including phenoxy) is 1. The molecule has 1 aromatic rings. The number of aliphatic hydroxyl groups excluding tert-OH is 1. The van der Waals surface area contributed by atoms with E-state index in [-0.39, 0.29) is 19.7 Å². The van der Waals surface area contributed by atoms with Crippen LogP contribution in [0.1, 0.15) is 5.56 Å².